The first kappa shape index (κ1) is 12.3. The summed E-state index contributed by atoms with van der Waals surface area (Å²) in [4.78, 5) is 0. The molecule has 3 rings (SSSR count). The van der Waals surface area contributed by atoms with Crippen LogP contribution in [0.2, 0.25) is 0 Å². The average Bonchev–Trinajstić information content (AvgIpc) is 3.04. The van der Waals surface area contributed by atoms with Crippen molar-refractivity contribution in [3.63, 3.8) is 0 Å². The zero-order valence-electron chi connectivity index (χ0n) is 11.4. The van der Waals surface area contributed by atoms with Crippen molar-refractivity contribution < 1.29 is 9.15 Å². The summed E-state index contributed by atoms with van der Waals surface area (Å²) in [6.45, 7) is 5.81. The van der Waals surface area contributed by atoms with Crippen LogP contribution in [0, 0.1) is 6.92 Å². The number of benzene rings is 1. The number of nitrogens with one attached hydrogen (secondary N) is 1. The standard InChI is InChI=1S/C16H19NO2/c1-3-17-15(13-8-10-18-11(13)2)14-6-4-5-12-7-9-19-16(12)14/h4-6,8,10,15,17H,3,7,9H2,1-2H3. The smallest absolute Gasteiger partial charge is 0.127 e. The maximum absolute atomic E-state index is 5.82. The van der Waals surface area contributed by atoms with Gasteiger partial charge in [-0.2, -0.15) is 0 Å². The Bertz CT molecular complexity index is 574. The fourth-order valence-electron chi connectivity index (χ4n) is 2.75. The number of fused-ring (bicyclic) bond motifs is 1. The Morgan fingerprint density at radius 3 is 2.89 bits per heavy atom. The summed E-state index contributed by atoms with van der Waals surface area (Å²) in [6.07, 6.45) is 2.76. The number of hydrogen-bond acceptors (Lipinski definition) is 3. The van der Waals surface area contributed by atoms with Crippen LogP contribution < -0.4 is 10.1 Å². The summed E-state index contributed by atoms with van der Waals surface area (Å²) in [5, 5.41) is 3.53. The second-order valence-corrected chi connectivity index (χ2v) is 4.86. The molecule has 100 valence electrons. The van der Waals surface area contributed by atoms with E-state index in [9.17, 15) is 0 Å². The summed E-state index contributed by atoms with van der Waals surface area (Å²) in [6, 6.07) is 8.58. The minimum atomic E-state index is 0.136. The van der Waals surface area contributed by atoms with E-state index in [-0.39, 0.29) is 6.04 Å². The number of furan rings is 1. The average molecular weight is 257 g/mol. The van der Waals surface area contributed by atoms with Gasteiger partial charge in [-0.15, -0.1) is 0 Å². The Morgan fingerprint density at radius 1 is 1.26 bits per heavy atom. The van der Waals surface area contributed by atoms with Crippen LogP contribution >= 0.6 is 0 Å². The molecule has 0 spiro atoms. The van der Waals surface area contributed by atoms with Crippen LogP contribution in [0.5, 0.6) is 5.75 Å². The van der Waals surface area contributed by atoms with Crippen LogP contribution in [0.25, 0.3) is 0 Å². The highest BCUT2D eigenvalue weighted by Gasteiger charge is 2.24. The lowest BCUT2D eigenvalue weighted by molar-refractivity contribution is 0.350. The van der Waals surface area contributed by atoms with Crippen molar-refractivity contribution in [3.05, 3.63) is 53.0 Å². The molecule has 2 heterocycles. The van der Waals surface area contributed by atoms with Gasteiger partial charge in [-0.05, 0) is 25.1 Å². The zero-order valence-corrected chi connectivity index (χ0v) is 11.4. The quantitative estimate of drug-likeness (QED) is 0.913. The highest BCUT2D eigenvalue weighted by atomic mass is 16.5. The van der Waals surface area contributed by atoms with Gasteiger partial charge in [-0.1, -0.05) is 25.1 Å². The molecule has 19 heavy (non-hydrogen) atoms. The van der Waals surface area contributed by atoms with Crippen molar-refractivity contribution in [2.75, 3.05) is 13.2 Å². The van der Waals surface area contributed by atoms with Crippen LogP contribution in [0.15, 0.2) is 34.9 Å². The van der Waals surface area contributed by atoms with Crippen LogP contribution in [0.1, 0.15) is 35.4 Å². The predicted molar refractivity (Wildman–Crippen MR) is 74.6 cm³/mol. The molecule has 0 saturated heterocycles. The Kier molecular flexibility index (Phi) is 3.30. The molecular weight excluding hydrogens is 238 g/mol. The van der Waals surface area contributed by atoms with E-state index in [0.29, 0.717) is 0 Å². The third-order valence-electron chi connectivity index (χ3n) is 3.67. The van der Waals surface area contributed by atoms with Crippen LogP contribution in [-0.2, 0) is 6.42 Å². The molecule has 3 heteroatoms. The van der Waals surface area contributed by atoms with Gasteiger partial charge >= 0.3 is 0 Å². The van der Waals surface area contributed by atoms with Gasteiger partial charge in [0, 0.05) is 17.5 Å². The highest BCUT2D eigenvalue weighted by Crippen LogP contribution is 2.37. The van der Waals surface area contributed by atoms with Gasteiger partial charge in [0.2, 0.25) is 0 Å². The van der Waals surface area contributed by atoms with Crippen LogP contribution in [0.4, 0.5) is 0 Å². The van der Waals surface area contributed by atoms with Crippen LogP contribution in [0.3, 0.4) is 0 Å². The highest BCUT2D eigenvalue weighted by molar-refractivity contribution is 5.49. The molecule has 1 unspecified atom stereocenters. The van der Waals surface area contributed by atoms with Gasteiger partial charge in [0.15, 0.2) is 0 Å². The molecule has 1 aliphatic rings. The second-order valence-electron chi connectivity index (χ2n) is 4.86. The summed E-state index contributed by atoms with van der Waals surface area (Å²) in [5.41, 5.74) is 3.70. The Morgan fingerprint density at radius 2 is 2.16 bits per heavy atom. The number of ether oxygens (including phenoxy) is 1. The molecule has 0 amide bonds. The maximum atomic E-state index is 5.82. The largest absolute Gasteiger partial charge is 0.493 e. The maximum Gasteiger partial charge on any atom is 0.127 e. The lowest BCUT2D eigenvalue weighted by Gasteiger charge is -2.20. The third kappa shape index (κ3) is 2.15. The molecule has 0 saturated carbocycles. The molecule has 1 aromatic heterocycles. The van der Waals surface area contributed by atoms with Crippen molar-refractivity contribution >= 4 is 0 Å². The molecule has 2 aromatic rings. The first-order valence-corrected chi connectivity index (χ1v) is 6.83. The van der Waals surface area contributed by atoms with Gasteiger partial charge in [-0.3, -0.25) is 0 Å². The van der Waals surface area contributed by atoms with E-state index < -0.39 is 0 Å². The molecule has 1 atom stereocenters. The fourth-order valence-corrected chi connectivity index (χ4v) is 2.75. The van der Waals surface area contributed by atoms with E-state index in [1.54, 1.807) is 6.26 Å². The summed E-state index contributed by atoms with van der Waals surface area (Å²) in [7, 11) is 0. The predicted octanol–water partition coefficient (Wildman–Crippen LogP) is 3.22. The first-order chi connectivity index (χ1) is 9.31. The van der Waals surface area contributed by atoms with E-state index in [1.807, 2.05) is 13.0 Å². The van der Waals surface area contributed by atoms with Crippen molar-refractivity contribution in [1.82, 2.24) is 5.32 Å². The lowest BCUT2D eigenvalue weighted by Crippen LogP contribution is -2.22. The lowest BCUT2D eigenvalue weighted by atomic mass is 9.96. The Balaban J connectivity index is 2.06. The first-order valence-electron chi connectivity index (χ1n) is 6.83. The summed E-state index contributed by atoms with van der Waals surface area (Å²) >= 11 is 0. The van der Waals surface area contributed by atoms with Gasteiger partial charge in [0.1, 0.15) is 11.5 Å². The van der Waals surface area contributed by atoms with Gasteiger partial charge in [0.05, 0.1) is 18.9 Å². The van der Waals surface area contributed by atoms with Gasteiger partial charge < -0.3 is 14.5 Å². The number of hydrogen-bond donors (Lipinski definition) is 1. The van der Waals surface area contributed by atoms with E-state index in [2.05, 4.69) is 30.4 Å². The Labute approximate surface area is 113 Å². The molecule has 1 aliphatic heterocycles. The monoisotopic (exact) mass is 257 g/mol. The number of para-hydroxylation sites is 1. The normalized spacial score (nSPS) is 15.1. The number of rotatable bonds is 4. The summed E-state index contributed by atoms with van der Waals surface area (Å²) in [5.74, 6) is 2.01. The van der Waals surface area contributed by atoms with Crippen molar-refractivity contribution in [1.29, 1.82) is 0 Å². The zero-order chi connectivity index (χ0) is 13.2. The van der Waals surface area contributed by atoms with E-state index in [4.69, 9.17) is 9.15 Å². The second kappa shape index (κ2) is 5.10. The van der Waals surface area contributed by atoms with Crippen molar-refractivity contribution in [2.45, 2.75) is 26.3 Å². The van der Waals surface area contributed by atoms with E-state index >= 15 is 0 Å². The fraction of sp³-hybridized carbons (Fsp3) is 0.375. The van der Waals surface area contributed by atoms with E-state index in [1.165, 1.54) is 16.7 Å². The molecule has 1 N–H and O–H groups in total. The molecule has 0 bridgehead atoms. The molecule has 0 fully saturated rings. The molecule has 0 radical (unpaired) electrons. The molecule has 0 aliphatic carbocycles. The molecule has 3 nitrogen and oxygen atoms in total. The molecule has 1 aromatic carbocycles. The minimum absolute atomic E-state index is 0.136. The summed E-state index contributed by atoms with van der Waals surface area (Å²) < 4.78 is 11.3. The third-order valence-corrected chi connectivity index (χ3v) is 3.67. The molecular formula is C16H19NO2. The van der Waals surface area contributed by atoms with E-state index in [0.717, 1.165) is 31.1 Å². The van der Waals surface area contributed by atoms with Crippen molar-refractivity contribution in [2.24, 2.45) is 0 Å². The SMILES string of the molecule is CCNC(c1ccoc1C)c1cccc2c1OCC2. The van der Waals surface area contributed by atoms with Gasteiger partial charge in [0.25, 0.3) is 0 Å². The van der Waals surface area contributed by atoms with Crippen molar-refractivity contribution in [3.8, 4) is 5.75 Å². The van der Waals surface area contributed by atoms with Gasteiger partial charge in [-0.25, -0.2) is 0 Å². The van der Waals surface area contributed by atoms with Crippen LogP contribution in [-0.4, -0.2) is 13.2 Å². The topological polar surface area (TPSA) is 34.4 Å². The minimum Gasteiger partial charge on any atom is -0.493 e. The Hall–Kier alpha value is -1.74. The number of aryl methyl sites for hydroxylation is 1.